The first-order chi connectivity index (χ1) is 9.70. The number of benzene rings is 1. The summed E-state index contributed by atoms with van der Waals surface area (Å²) in [7, 11) is 0. The van der Waals surface area contributed by atoms with Gasteiger partial charge in [-0.15, -0.1) is 5.10 Å². The Kier molecular flexibility index (Phi) is 4.84. The molecule has 0 amide bonds. The minimum absolute atomic E-state index is 0.0277. The van der Waals surface area contributed by atoms with Crippen LogP contribution >= 0.6 is 0 Å². The van der Waals surface area contributed by atoms with E-state index in [9.17, 15) is 4.79 Å². The zero-order valence-electron chi connectivity index (χ0n) is 11.4. The van der Waals surface area contributed by atoms with Crippen molar-refractivity contribution in [3.63, 3.8) is 0 Å². The predicted octanol–water partition coefficient (Wildman–Crippen LogP) is 1.72. The number of carboxylic acid groups (broad SMARTS) is 1. The van der Waals surface area contributed by atoms with Gasteiger partial charge in [-0.1, -0.05) is 42.5 Å². The van der Waals surface area contributed by atoms with Gasteiger partial charge in [0.25, 0.3) is 0 Å². The predicted molar refractivity (Wildman–Crippen MR) is 74.5 cm³/mol. The molecule has 0 saturated heterocycles. The second-order valence-corrected chi connectivity index (χ2v) is 4.50. The minimum atomic E-state index is -1.06. The van der Waals surface area contributed by atoms with Crippen LogP contribution in [0.5, 0.6) is 0 Å². The third kappa shape index (κ3) is 3.64. The second-order valence-electron chi connectivity index (χ2n) is 4.50. The molecule has 1 aromatic carbocycles. The van der Waals surface area contributed by atoms with Gasteiger partial charge in [-0.25, -0.2) is 4.79 Å². The van der Waals surface area contributed by atoms with Crippen molar-refractivity contribution in [2.24, 2.45) is 0 Å². The maximum absolute atomic E-state index is 10.7. The van der Waals surface area contributed by atoms with Crippen molar-refractivity contribution in [2.45, 2.75) is 25.9 Å². The minimum Gasteiger partial charge on any atom is -0.476 e. The Labute approximate surface area is 117 Å². The summed E-state index contributed by atoms with van der Waals surface area (Å²) in [6.45, 7) is 3.42. The molecule has 0 aliphatic rings. The summed E-state index contributed by atoms with van der Waals surface area (Å²) < 4.78 is 1.54. The first kappa shape index (κ1) is 14.2. The smallest absolute Gasteiger partial charge is 0.358 e. The molecular formula is C14H18N4O2. The molecule has 0 radical (unpaired) electrons. The summed E-state index contributed by atoms with van der Waals surface area (Å²) in [6.07, 6.45) is 2.43. The Hall–Kier alpha value is -2.21. The molecule has 0 bridgehead atoms. The van der Waals surface area contributed by atoms with Crippen LogP contribution in [0, 0.1) is 0 Å². The van der Waals surface area contributed by atoms with Crippen molar-refractivity contribution in [1.29, 1.82) is 0 Å². The van der Waals surface area contributed by atoms with Crippen molar-refractivity contribution < 1.29 is 9.90 Å². The van der Waals surface area contributed by atoms with E-state index in [1.54, 1.807) is 0 Å². The number of nitrogens with zero attached hydrogens (tertiary/aromatic N) is 3. The lowest BCUT2D eigenvalue weighted by atomic mass is 10.0. The molecular weight excluding hydrogens is 256 g/mol. The third-order valence-electron chi connectivity index (χ3n) is 3.10. The van der Waals surface area contributed by atoms with E-state index < -0.39 is 5.97 Å². The number of hydrogen-bond donors (Lipinski definition) is 2. The Morgan fingerprint density at radius 2 is 2.15 bits per heavy atom. The normalized spacial score (nSPS) is 12.2. The number of aromatic nitrogens is 3. The van der Waals surface area contributed by atoms with Crippen LogP contribution in [-0.2, 0) is 6.54 Å². The lowest BCUT2D eigenvalue weighted by Gasteiger charge is -2.17. The highest BCUT2D eigenvalue weighted by molar-refractivity contribution is 5.84. The first-order valence-corrected chi connectivity index (χ1v) is 6.62. The fourth-order valence-corrected chi connectivity index (χ4v) is 2.04. The molecule has 1 heterocycles. The lowest BCUT2D eigenvalue weighted by molar-refractivity contribution is 0.0690. The highest BCUT2D eigenvalue weighted by Crippen LogP contribution is 2.15. The standard InChI is InChI=1S/C14H18N4O2/c1-2-12(11-6-4-3-5-7-11)15-8-9-18-10-13(14(19)20)16-17-18/h3-7,10,12,15H,2,8-9H2,1H3,(H,19,20). The van der Waals surface area contributed by atoms with Gasteiger partial charge in [0.2, 0.25) is 0 Å². The van der Waals surface area contributed by atoms with Crippen molar-refractivity contribution in [1.82, 2.24) is 20.3 Å². The van der Waals surface area contributed by atoms with E-state index in [1.165, 1.54) is 16.4 Å². The number of carbonyl (C=O) groups is 1. The lowest BCUT2D eigenvalue weighted by Crippen LogP contribution is -2.25. The molecule has 106 valence electrons. The Morgan fingerprint density at radius 1 is 1.40 bits per heavy atom. The Balaban J connectivity index is 1.86. The van der Waals surface area contributed by atoms with E-state index in [4.69, 9.17) is 5.11 Å². The van der Waals surface area contributed by atoms with Gasteiger partial charge in [-0.3, -0.25) is 4.68 Å². The van der Waals surface area contributed by atoms with Crippen LogP contribution < -0.4 is 5.32 Å². The molecule has 0 spiro atoms. The van der Waals surface area contributed by atoms with Gasteiger partial charge in [0, 0.05) is 12.6 Å². The van der Waals surface area contributed by atoms with Crippen LogP contribution in [0.1, 0.15) is 35.4 Å². The van der Waals surface area contributed by atoms with Crippen LogP contribution in [0.25, 0.3) is 0 Å². The maximum Gasteiger partial charge on any atom is 0.358 e. The summed E-state index contributed by atoms with van der Waals surface area (Å²) in [6, 6.07) is 10.5. The third-order valence-corrected chi connectivity index (χ3v) is 3.10. The van der Waals surface area contributed by atoms with E-state index in [2.05, 4.69) is 34.7 Å². The number of hydrogen-bond acceptors (Lipinski definition) is 4. The molecule has 0 fully saturated rings. The van der Waals surface area contributed by atoms with E-state index in [0.717, 1.165) is 6.42 Å². The Bertz CT molecular complexity index is 553. The second kappa shape index (κ2) is 6.81. The molecule has 0 aliphatic heterocycles. The number of aromatic carboxylic acids is 1. The molecule has 2 N–H and O–H groups in total. The Morgan fingerprint density at radius 3 is 2.75 bits per heavy atom. The zero-order chi connectivity index (χ0) is 14.4. The highest BCUT2D eigenvalue weighted by Gasteiger charge is 2.10. The number of rotatable bonds is 7. The van der Waals surface area contributed by atoms with Gasteiger partial charge in [-0.2, -0.15) is 0 Å². The topological polar surface area (TPSA) is 80.0 Å². The van der Waals surface area contributed by atoms with Crippen molar-refractivity contribution in [2.75, 3.05) is 6.54 Å². The van der Waals surface area contributed by atoms with Gasteiger partial charge < -0.3 is 10.4 Å². The molecule has 2 aromatic rings. The van der Waals surface area contributed by atoms with E-state index >= 15 is 0 Å². The summed E-state index contributed by atoms with van der Waals surface area (Å²) in [5, 5.41) is 19.6. The van der Waals surface area contributed by atoms with Crippen LogP contribution in [0.2, 0.25) is 0 Å². The fourth-order valence-electron chi connectivity index (χ4n) is 2.04. The first-order valence-electron chi connectivity index (χ1n) is 6.62. The van der Waals surface area contributed by atoms with Crippen LogP contribution in [0.3, 0.4) is 0 Å². The van der Waals surface area contributed by atoms with Crippen LogP contribution in [-0.4, -0.2) is 32.6 Å². The van der Waals surface area contributed by atoms with Crippen molar-refractivity contribution in [3.05, 3.63) is 47.8 Å². The SMILES string of the molecule is CCC(NCCn1cc(C(=O)O)nn1)c1ccccc1. The molecule has 2 rings (SSSR count). The van der Waals surface area contributed by atoms with E-state index in [0.29, 0.717) is 19.1 Å². The van der Waals surface area contributed by atoms with Gasteiger partial charge >= 0.3 is 5.97 Å². The van der Waals surface area contributed by atoms with Gasteiger partial charge in [0.1, 0.15) is 0 Å². The average Bonchev–Trinajstić information content (AvgIpc) is 2.94. The summed E-state index contributed by atoms with van der Waals surface area (Å²) in [5.41, 5.74) is 1.22. The molecule has 1 atom stereocenters. The molecule has 1 aromatic heterocycles. The fraction of sp³-hybridized carbons (Fsp3) is 0.357. The summed E-state index contributed by atoms with van der Waals surface area (Å²) in [4.78, 5) is 10.7. The molecule has 6 nitrogen and oxygen atoms in total. The molecule has 1 unspecified atom stereocenters. The van der Waals surface area contributed by atoms with Crippen molar-refractivity contribution >= 4 is 5.97 Å². The van der Waals surface area contributed by atoms with Gasteiger partial charge in [-0.05, 0) is 12.0 Å². The average molecular weight is 274 g/mol. The molecule has 0 saturated carbocycles. The highest BCUT2D eigenvalue weighted by atomic mass is 16.4. The quantitative estimate of drug-likeness (QED) is 0.803. The van der Waals surface area contributed by atoms with E-state index in [-0.39, 0.29) is 5.69 Å². The largest absolute Gasteiger partial charge is 0.476 e. The molecule has 0 aliphatic carbocycles. The van der Waals surface area contributed by atoms with E-state index in [1.807, 2.05) is 18.2 Å². The van der Waals surface area contributed by atoms with Crippen molar-refractivity contribution in [3.8, 4) is 0 Å². The number of nitrogens with one attached hydrogen (secondary N) is 1. The maximum atomic E-state index is 10.7. The van der Waals surface area contributed by atoms with Gasteiger partial charge in [0.15, 0.2) is 5.69 Å². The number of carboxylic acids is 1. The zero-order valence-corrected chi connectivity index (χ0v) is 11.4. The van der Waals surface area contributed by atoms with Crippen LogP contribution in [0.15, 0.2) is 36.5 Å². The molecule has 6 heteroatoms. The summed E-state index contributed by atoms with van der Waals surface area (Å²) >= 11 is 0. The monoisotopic (exact) mass is 274 g/mol. The van der Waals surface area contributed by atoms with Gasteiger partial charge in [0.05, 0.1) is 12.7 Å². The summed E-state index contributed by atoms with van der Waals surface area (Å²) in [5.74, 6) is -1.06. The molecule has 20 heavy (non-hydrogen) atoms. The van der Waals surface area contributed by atoms with Crippen LogP contribution in [0.4, 0.5) is 0 Å².